The number of anilines is 1. The van der Waals surface area contributed by atoms with Crippen molar-refractivity contribution in [1.82, 2.24) is 0 Å². The molecule has 0 saturated heterocycles. The van der Waals surface area contributed by atoms with Crippen LogP contribution in [0, 0.1) is 4.91 Å². The normalized spacial score (nSPS) is 11.3. The minimum Gasteiger partial charge on any atom is -0.397 e. The molecule has 0 spiro atoms. The molecule has 1 aromatic rings. The van der Waals surface area contributed by atoms with E-state index in [0.717, 1.165) is 18.7 Å². The molecule has 1 aliphatic rings. The van der Waals surface area contributed by atoms with Crippen molar-refractivity contribution in [2.45, 2.75) is 13.3 Å². The third kappa shape index (κ3) is 3.85. The van der Waals surface area contributed by atoms with E-state index in [4.69, 9.17) is 5.11 Å². The van der Waals surface area contributed by atoms with Crippen LogP contribution in [-0.4, -0.2) is 18.3 Å². The monoisotopic (exact) mass is 230 g/mol. The molecule has 0 aromatic heterocycles. The van der Waals surface area contributed by atoms with E-state index in [1.165, 1.54) is 5.56 Å². The van der Waals surface area contributed by atoms with Gasteiger partial charge >= 0.3 is 0 Å². The smallest absolute Gasteiger partial charge is 0.108 e. The van der Waals surface area contributed by atoms with E-state index < -0.39 is 0 Å². The number of rotatable bonds is 1. The van der Waals surface area contributed by atoms with Gasteiger partial charge in [0.15, 0.2) is 0 Å². The highest BCUT2D eigenvalue weighted by atomic mass is 35.5. The van der Waals surface area contributed by atoms with Gasteiger partial charge in [0, 0.05) is 18.8 Å². The molecule has 0 unspecified atom stereocenters. The zero-order chi connectivity index (χ0) is 10.4. The van der Waals surface area contributed by atoms with Crippen LogP contribution >= 0.6 is 12.4 Å². The number of fused-ring (bicyclic) bond motifs is 1. The van der Waals surface area contributed by atoms with Gasteiger partial charge < -0.3 is 10.4 Å². The molecule has 0 bridgehead atoms. The quantitative estimate of drug-likeness (QED) is 0.729. The maximum Gasteiger partial charge on any atom is 0.108 e. The molecule has 0 radical (unpaired) electrons. The van der Waals surface area contributed by atoms with Crippen LogP contribution in [0.4, 0.5) is 11.4 Å². The van der Waals surface area contributed by atoms with Crippen LogP contribution in [0.3, 0.4) is 0 Å². The van der Waals surface area contributed by atoms with Crippen LogP contribution in [0.2, 0.25) is 0 Å². The van der Waals surface area contributed by atoms with Gasteiger partial charge in [-0.05, 0) is 42.3 Å². The minimum atomic E-state index is 0. The molecule has 0 fully saturated rings. The van der Waals surface area contributed by atoms with Crippen LogP contribution in [-0.2, 0) is 6.42 Å². The molecule has 0 aliphatic carbocycles. The Morgan fingerprint density at radius 2 is 2.20 bits per heavy atom. The molecule has 5 heteroatoms. The van der Waals surface area contributed by atoms with E-state index in [1.807, 2.05) is 12.1 Å². The number of nitroso groups, excluding NO2 is 1. The zero-order valence-corrected chi connectivity index (χ0v) is 9.38. The summed E-state index contributed by atoms with van der Waals surface area (Å²) in [4.78, 5) is 10.1. The van der Waals surface area contributed by atoms with E-state index in [-0.39, 0.29) is 19.0 Å². The van der Waals surface area contributed by atoms with Gasteiger partial charge in [0.25, 0.3) is 0 Å². The average Bonchev–Trinajstić information content (AvgIpc) is 2.65. The molecule has 1 aliphatic heterocycles. The summed E-state index contributed by atoms with van der Waals surface area (Å²) < 4.78 is 0. The maximum atomic E-state index is 10.1. The number of halogens is 1. The van der Waals surface area contributed by atoms with Crippen LogP contribution in [0.15, 0.2) is 23.4 Å². The van der Waals surface area contributed by atoms with Crippen LogP contribution < -0.4 is 5.32 Å². The maximum absolute atomic E-state index is 10.1. The first-order valence-electron chi connectivity index (χ1n) is 4.62. The highest BCUT2D eigenvalue weighted by Gasteiger charge is 2.09. The summed E-state index contributed by atoms with van der Waals surface area (Å²) in [6.07, 6.45) is 0.999. The van der Waals surface area contributed by atoms with Crippen molar-refractivity contribution in [2.75, 3.05) is 18.5 Å². The Hall–Kier alpha value is -1.13. The van der Waals surface area contributed by atoms with Crippen molar-refractivity contribution < 1.29 is 5.11 Å². The molecule has 1 aromatic carbocycles. The van der Waals surface area contributed by atoms with E-state index in [1.54, 1.807) is 13.0 Å². The van der Waals surface area contributed by atoms with Gasteiger partial charge in [-0.2, -0.15) is 0 Å². The third-order valence-electron chi connectivity index (χ3n) is 1.90. The van der Waals surface area contributed by atoms with E-state index in [2.05, 4.69) is 10.5 Å². The van der Waals surface area contributed by atoms with E-state index >= 15 is 0 Å². The van der Waals surface area contributed by atoms with Gasteiger partial charge in [0.1, 0.15) is 5.69 Å². The molecule has 0 saturated carbocycles. The first-order valence-corrected chi connectivity index (χ1v) is 4.62. The molecule has 2 N–H and O–H groups in total. The molecular formula is C10H15ClN2O2. The fourth-order valence-corrected chi connectivity index (χ4v) is 1.35. The summed E-state index contributed by atoms with van der Waals surface area (Å²) in [5.41, 5.74) is 2.85. The zero-order valence-electron chi connectivity index (χ0n) is 8.56. The molecule has 0 atom stereocenters. The topological polar surface area (TPSA) is 61.7 Å². The third-order valence-corrected chi connectivity index (χ3v) is 1.90. The van der Waals surface area contributed by atoms with Crippen molar-refractivity contribution in [3.05, 3.63) is 28.7 Å². The van der Waals surface area contributed by atoms with Crippen LogP contribution in [0.5, 0.6) is 0 Å². The van der Waals surface area contributed by atoms with Gasteiger partial charge in [0.2, 0.25) is 0 Å². The molecular weight excluding hydrogens is 216 g/mol. The lowest BCUT2D eigenvalue weighted by molar-refractivity contribution is 0.318. The van der Waals surface area contributed by atoms with Gasteiger partial charge in [0.05, 0.1) is 0 Å². The first kappa shape index (κ1) is 13.9. The van der Waals surface area contributed by atoms with Gasteiger partial charge in [-0.15, -0.1) is 17.3 Å². The van der Waals surface area contributed by atoms with Crippen molar-refractivity contribution in [3.8, 4) is 0 Å². The predicted molar refractivity (Wildman–Crippen MR) is 64.1 cm³/mol. The molecule has 84 valence electrons. The Morgan fingerprint density at radius 1 is 1.53 bits per heavy atom. The number of aliphatic hydroxyl groups excluding tert-OH is 1. The first-order chi connectivity index (χ1) is 6.81. The second-order valence-electron chi connectivity index (χ2n) is 2.93. The van der Waals surface area contributed by atoms with Crippen molar-refractivity contribution in [3.63, 3.8) is 0 Å². The Kier molecular flexibility index (Phi) is 6.66. The lowest BCUT2D eigenvalue weighted by Gasteiger charge is -1.97. The highest BCUT2D eigenvalue weighted by molar-refractivity contribution is 5.85. The van der Waals surface area contributed by atoms with Gasteiger partial charge in [-0.1, -0.05) is 0 Å². The van der Waals surface area contributed by atoms with E-state index in [9.17, 15) is 4.91 Å². The van der Waals surface area contributed by atoms with Crippen LogP contribution in [0.25, 0.3) is 0 Å². The molecule has 2 rings (SSSR count). The van der Waals surface area contributed by atoms with Gasteiger partial charge in [-0.25, -0.2) is 0 Å². The average molecular weight is 231 g/mol. The molecule has 1 heterocycles. The summed E-state index contributed by atoms with van der Waals surface area (Å²) in [5.74, 6) is 0. The number of hydrogen-bond donors (Lipinski definition) is 2. The molecule has 0 amide bonds. The van der Waals surface area contributed by atoms with Crippen LogP contribution in [0.1, 0.15) is 12.5 Å². The number of benzene rings is 1. The highest BCUT2D eigenvalue weighted by Crippen LogP contribution is 2.26. The Bertz CT molecular complexity index is 318. The standard InChI is InChI=1S/C8H8N2O.C2H6O.ClH/c11-10-7-1-2-8-6(5-7)3-4-9-8;1-2-3;/h1-2,5,9H,3-4H2;3H,2H2,1H3;1H. The number of aliphatic hydroxyl groups is 1. The summed E-state index contributed by atoms with van der Waals surface area (Å²) in [6.45, 7) is 2.90. The number of hydrogen-bond acceptors (Lipinski definition) is 4. The lowest BCUT2D eigenvalue weighted by Crippen LogP contribution is -1.90. The summed E-state index contributed by atoms with van der Waals surface area (Å²) in [6, 6.07) is 5.46. The molecule has 15 heavy (non-hydrogen) atoms. The van der Waals surface area contributed by atoms with Crippen molar-refractivity contribution in [1.29, 1.82) is 0 Å². The second kappa shape index (κ2) is 7.20. The fraction of sp³-hybridized carbons (Fsp3) is 0.400. The van der Waals surface area contributed by atoms with Crippen molar-refractivity contribution in [2.24, 2.45) is 5.18 Å². The molecule has 4 nitrogen and oxygen atoms in total. The number of nitrogens with zero attached hydrogens (tertiary/aromatic N) is 1. The predicted octanol–water partition coefficient (Wildman–Crippen LogP) is 2.47. The Labute approximate surface area is 95.1 Å². The fourth-order valence-electron chi connectivity index (χ4n) is 1.35. The summed E-state index contributed by atoms with van der Waals surface area (Å²) >= 11 is 0. The van der Waals surface area contributed by atoms with Crippen molar-refractivity contribution >= 4 is 23.8 Å². The minimum absolute atomic E-state index is 0. The Morgan fingerprint density at radius 3 is 2.80 bits per heavy atom. The second-order valence-corrected chi connectivity index (χ2v) is 2.93. The largest absolute Gasteiger partial charge is 0.397 e. The number of nitrogens with one attached hydrogen (secondary N) is 1. The lowest BCUT2D eigenvalue weighted by atomic mass is 10.1. The van der Waals surface area contributed by atoms with E-state index in [0.29, 0.717) is 5.69 Å². The Balaban J connectivity index is 0.000000443. The summed E-state index contributed by atoms with van der Waals surface area (Å²) in [7, 11) is 0. The SMILES string of the molecule is CCO.Cl.O=Nc1ccc2c(c1)CCN2. The summed E-state index contributed by atoms with van der Waals surface area (Å²) in [5, 5.41) is 13.6. The van der Waals surface area contributed by atoms with Gasteiger partial charge in [-0.3, -0.25) is 0 Å².